The Balaban J connectivity index is 2.10. The quantitative estimate of drug-likeness (QED) is 0.256. The summed E-state index contributed by atoms with van der Waals surface area (Å²) in [5.74, 6) is 0.569. The van der Waals surface area contributed by atoms with Gasteiger partial charge in [-0.2, -0.15) is 0 Å². The van der Waals surface area contributed by atoms with Gasteiger partial charge in [-0.05, 0) is 36.5 Å². The summed E-state index contributed by atoms with van der Waals surface area (Å²) in [5.41, 5.74) is 3.05. The first-order valence-electron chi connectivity index (χ1n) is 11.3. The highest BCUT2D eigenvalue weighted by molar-refractivity contribution is 7.99. The molecule has 0 unspecified atom stereocenters. The molecule has 2 amide bonds. The van der Waals surface area contributed by atoms with E-state index in [2.05, 4.69) is 12.2 Å². The van der Waals surface area contributed by atoms with Crippen molar-refractivity contribution in [2.24, 2.45) is 0 Å². The first-order chi connectivity index (χ1) is 15.9. The van der Waals surface area contributed by atoms with Crippen LogP contribution in [-0.2, 0) is 21.9 Å². The van der Waals surface area contributed by atoms with Crippen molar-refractivity contribution in [3.8, 4) is 0 Å². The number of thioether (sulfide) groups is 1. The lowest BCUT2D eigenvalue weighted by atomic mass is 10.1. The number of hydrogen-bond donors (Lipinski definition) is 1. The molecule has 1 N–H and O–H groups in total. The van der Waals surface area contributed by atoms with Gasteiger partial charge in [0.05, 0.1) is 10.7 Å². The zero-order valence-corrected chi connectivity index (χ0v) is 20.4. The fourth-order valence-corrected chi connectivity index (χ4v) is 4.32. The summed E-state index contributed by atoms with van der Waals surface area (Å²) in [6.45, 7) is 6.98. The van der Waals surface area contributed by atoms with Crippen molar-refractivity contribution < 1.29 is 14.5 Å². The lowest BCUT2D eigenvalue weighted by Crippen LogP contribution is -2.49. The Morgan fingerprint density at radius 2 is 1.82 bits per heavy atom. The van der Waals surface area contributed by atoms with Crippen molar-refractivity contribution in [3.05, 3.63) is 75.3 Å². The van der Waals surface area contributed by atoms with Gasteiger partial charge in [0.1, 0.15) is 6.04 Å². The fraction of sp³-hybridized carbons (Fsp3) is 0.440. The summed E-state index contributed by atoms with van der Waals surface area (Å²) < 4.78 is 0. The summed E-state index contributed by atoms with van der Waals surface area (Å²) in [6, 6.07) is 13.7. The number of rotatable bonds is 13. The summed E-state index contributed by atoms with van der Waals surface area (Å²) in [7, 11) is 0. The number of amides is 2. The normalized spacial score (nSPS) is 11.6. The number of nitrogens with zero attached hydrogens (tertiary/aromatic N) is 2. The summed E-state index contributed by atoms with van der Waals surface area (Å²) in [6.07, 6.45) is 2.42. The molecule has 33 heavy (non-hydrogen) atoms. The summed E-state index contributed by atoms with van der Waals surface area (Å²) in [4.78, 5) is 38.2. The van der Waals surface area contributed by atoms with E-state index in [0.717, 1.165) is 29.5 Å². The van der Waals surface area contributed by atoms with Gasteiger partial charge in [-0.1, -0.05) is 56.7 Å². The van der Waals surface area contributed by atoms with Gasteiger partial charge in [-0.15, -0.1) is 11.8 Å². The van der Waals surface area contributed by atoms with Gasteiger partial charge in [-0.3, -0.25) is 19.7 Å². The van der Waals surface area contributed by atoms with Gasteiger partial charge in [0, 0.05) is 31.0 Å². The zero-order chi connectivity index (χ0) is 24.2. The molecule has 7 nitrogen and oxygen atoms in total. The molecular formula is C25H33N3O4S. The minimum Gasteiger partial charge on any atom is -0.354 e. The highest BCUT2D eigenvalue weighted by atomic mass is 32.2. The molecule has 0 bridgehead atoms. The third kappa shape index (κ3) is 8.20. The maximum Gasteiger partial charge on any atom is 0.269 e. The Kier molecular flexibility index (Phi) is 10.9. The second-order valence-corrected chi connectivity index (χ2v) is 8.92. The minimum atomic E-state index is -0.533. The van der Waals surface area contributed by atoms with Crippen LogP contribution in [0.3, 0.4) is 0 Å². The number of unbranched alkanes of at least 4 members (excludes halogenated alkanes) is 1. The molecule has 0 saturated heterocycles. The van der Waals surface area contributed by atoms with Crippen molar-refractivity contribution in [1.29, 1.82) is 0 Å². The SMILES string of the molecule is CCCCNC(=O)[C@@H](CC)N(Cc1ccccc1C)C(=O)CSCc1ccc([N+](=O)[O-])cc1. The number of nitro benzene ring substituents is 1. The largest absolute Gasteiger partial charge is 0.354 e. The number of aryl methyl sites for hydroxylation is 1. The Hall–Kier alpha value is -2.87. The Morgan fingerprint density at radius 1 is 1.12 bits per heavy atom. The summed E-state index contributed by atoms with van der Waals surface area (Å²) in [5, 5.41) is 13.8. The van der Waals surface area contributed by atoms with E-state index in [0.29, 0.717) is 25.3 Å². The lowest BCUT2D eigenvalue weighted by molar-refractivity contribution is -0.384. The highest BCUT2D eigenvalue weighted by Crippen LogP contribution is 2.20. The van der Waals surface area contributed by atoms with E-state index in [1.807, 2.05) is 38.1 Å². The van der Waals surface area contributed by atoms with Crippen LogP contribution in [0.25, 0.3) is 0 Å². The topological polar surface area (TPSA) is 92.6 Å². The molecule has 8 heteroatoms. The Labute approximate surface area is 200 Å². The second kappa shape index (κ2) is 13.6. The molecule has 0 radical (unpaired) electrons. The molecule has 0 aliphatic rings. The number of non-ortho nitro benzene ring substituents is 1. The molecule has 0 spiro atoms. The van der Waals surface area contributed by atoms with Crippen LogP contribution in [-0.4, -0.2) is 40.0 Å². The van der Waals surface area contributed by atoms with Crippen LogP contribution in [0, 0.1) is 17.0 Å². The zero-order valence-electron chi connectivity index (χ0n) is 19.6. The molecular weight excluding hydrogens is 438 g/mol. The molecule has 0 saturated carbocycles. The first-order valence-corrected chi connectivity index (χ1v) is 12.5. The van der Waals surface area contributed by atoms with Crippen molar-refractivity contribution in [2.75, 3.05) is 12.3 Å². The average Bonchev–Trinajstić information content (AvgIpc) is 2.80. The highest BCUT2D eigenvalue weighted by Gasteiger charge is 2.28. The number of benzene rings is 2. The van der Waals surface area contributed by atoms with Crippen molar-refractivity contribution in [3.63, 3.8) is 0 Å². The van der Waals surface area contributed by atoms with Gasteiger partial charge in [0.2, 0.25) is 11.8 Å². The van der Waals surface area contributed by atoms with Crippen LogP contribution in [0.2, 0.25) is 0 Å². The molecule has 0 aliphatic carbocycles. The fourth-order valence-electron chi connectivity index (χ4n) is 3.45. The maximum absolute atomic E-state index is 13.3. The smallest absolute Gasteiger partial charge is 0.269 e. The van der Waals surface area contributed by atoms with Crippen molar-refractivity contribution >= 4 is 29.3 Å². The number of carbonyl (C=O) groups excluding carboxylic acids is 2. The third-order valence-corrected chi connectivity index (χ3v) is 6.45. The molecule has 2 aromatic carbocycles. The van der Waals surface area contributed by atoms with Gasteiger partial charge in [0.25, 0.3) is 5.69 Å². The first kappa shape index (κ1) is 26.4. The molecule has 178 valence electrons. The monoisotopic (exact) mass is 471 g/mol. The van der Waals surface area contributed by atoms with Crippen LogP contribution in [0.5, 0.6) is 0 Å². The molecule has 2 aromatic rings. The van der Waals surface area contributed by atoms with Crippen molar-refractivity contribution in [2.45, 2.75) is 58.4 Å². The number of nitrogens with one attached hydrogen (secondary N) is 1. The van der Waals surface area contributed by atoms with E-state index < -0.39 is 11.0 Å². The standard InChI is InChI=1S/C25H33N3O4S/c1-4-6-15-26-25(30)23(5-2)27(16-21-10-8-7-9-19(21)3)24(29)18-33-17-20-11-13-22(14-12-20)28(31)32/h7-14,23H,4-6,15-18H2,1-3H3,(H,26,30)/t23-/m1/s1. The van der Waals surface area contributed by atoms with Gasteiger partial charge in [-0.25, -0.2) is 0 Å². The van der Waals surface area contributed by atoms with E-state index >= 15 is 0 Å². The lowest BCUT2D eigenvalue weighted by Gasteiger charge is -2.31. The van der Waals surface area contributed by atoms with Crippen LogP contribution < -0.4 is 5.32 Å². The average molecular weight is 472 g/mol. The Bertz CT molecular complexity index is 934. The molecule has 0 aliphatic heterocycles. The van der Waals surface area contributed by atoms with Crippen LogP contribution in [0.4, 0.5) is 5.69 Å². The van der Waals surface area contributed by atoms with E-state index in [9.17, 15) is 19.7 Å². The second-order valence-electron chi connectivity index (χ2n) is 7.93. The van der Waals surface area contributed by atoms with E-state index in [1.54, 1.807) is 17.0 Å². The predicted octanol–water partition coefficient (Wildman–Crippen LogP) is 4.86. The molecule has 2 rings (SSSR count). The molecule has 1 atom stereocenters. The number of hydrogen-bond acceptors (Lipinski definition) is 5. The predicted molar refractivity (Wildman–Crippen MR) is 133 cm³/mol. The van der Waals surface area contributed by atoms with Gasteiger partial charge in [0.15, 0.2) is 0 Å². The Morgan fingerprint density at radius 3 is 2.42 bits per heavy atom. The van der Waals surface area contributed by atoms with E-state index in [1.165, 1.54) is 23.9 Å². The minimum absolute atomic E-state index is 0.0455. The van der Waals surface area contributed by atoms with Crippen molar-refractivity contribution in [1.82, 2.24) is 10.2 Å². The molecule has 0 heterocycles. The molecule has 0 aromatic heterocycles. The summed E-state index contributed by atoms with van der Waals surface area (Å²) >= 11 is 1.44. The third-order valence-electron chi connectivity index (χ3n) is 5.46. The number of carbonyl (C=O) groups is 2. The van der Waals surface area contributed by atoms with E-state index in [-0.39, 0.29) is 23.3 Å². The van der Waals surface area contributed by atoms with Crippen LogP contribution in [0.15, 0.2) is 48.5 Å². The van der Waals surface area contributed by atoms with Crippen LogP contribution in [0.1, 0.15) is 49.8 Å². The van der Waals surface area contributed by atoms with Gasteiger partial charge < -0.3 is 10.2 Å². The van der Waals surface area contributed by atoms with Gasteiger partial charge >= 0.3 is 0 Å². The molecule has 0 fully saturated rings. The van der Waals surface area contributed by atoms with Crippen LogP contribution >= 0.6 is 11.8 Å². The number of nitro groups is 1. The maximum atomic E-state index is 13.3. The van der Waals surface area contributed by atoms with E-state index in [4.69, 9.17) is 0 Å².